The highest BCUT2D eigenvalue weighted by Gasteiger charge is 2.21. The van der Waals surface area contributed by atoms with Gasteiger partial charge in [-0.1, -0.05) is 90.1 Å². The molecule has 0 aliphatic rings. The monoisotopic (exact) mass is 674 g/mol. The number of nitrogens with two attached hydrogens (primary N) is 2. The summed E-state index contributed by atoms with van der Waals surface area (Å²) in [6.45, 7) is 0. The summed E-state index contributed by atoms with van der Waals surface area (Å²) in [4.78, 5) is 0. The van der Waals surface area contributed by atoms with Crippen LogP contribution >= 0.6 is 0 Å². The van der Waals surface area contributed by atoms with Crippen molar-refractivity contribution in [1.82, 2.24) is 0 Å². The molecule has 0 saturated carbocycles. The first-order valence-corrected chi connectivity index (χ1v) is 16.3. The van der Waals surface area contributed by atoms with Crippen molar-refractivity contribution >= 4 is 22.1 Å². The maximum absolute atomic E-state index is 10.5. The lowest BCUT2D eigenvalue weighted by Gasteiger charge is -2.17. The second kappa shape index (κ2) is 14.8. The van der Waals surface area contributed by atoms with E-state index in [0.717, 1.165) is 22.1 Å². The normalized spacial score (nSPS) is 10.2. The van der Waals surface area contributed by atoms with Crippen LogP contribution in [0.5, 0.6) is 34.5 Å². The molecule has 0 bridgehead atoms. The lowest BCUT2D eigenvalue weighted by Crippen LogP contribution is -2.00. The predicted molar refractivity (Wildman–Crippen MR) is 206 cm³/mol. The maximum atomic E-state index is 10.5. The number of phenols is 2. The molecule has 0 aliphatic heterocycles. The molecule has 52 heavy (non-hydrogen) atoms. The largest absolute Gasteiger partial charge is 0.506 e. The number of nitrogen functional groups attached to an aromatic ring is 2. The van der Waals surface area contributed by atoms with Crippen molar-refractivity contribution in [3.63, 3.8) is 0 Å². The van der Waals surface area contributed by atoms with Crippen LogP contribution in [0.1, 0.15) is 33.4 Å². The van der Waals surface area contributed by atoms with Gasteiger partial charge in [-0.15, -0.1) is 0 Å². The molecule has 0 spiro atoms. The fourth-order valence-electron chi connectivity index (χ4n) is 5.38. The molecule has 0 aromatic heterocycles. The van der Waals surface area contributed by atoms with Crippen molar-refractivity contribution in [3.8, 4) is 70.0 Å². The van der Waals surface area contributed by atoms with E-state index in [-0.39, 0.29) is 22.9 Å². The molecule has 0 amide bonds. The Morgan fingerprint density at radius 1 is 0.385 bits per heavy atom. The molecule has 248 valence electrons. The Morgan fingerprint density at radius 3 is 1.31 bits per heavy atom. The number of hydrogen-bond donors (Lipinski definition) is 4. The molecule has 0 fully saturated rings. The van der Waals surface area contributed by atoms with E-state index >= 15 is 0 Å². The molecular formula is C46H30N2O4. The topological polar surface area (TPSA) is 111 Å². The molecule has 6 nitrogen and oxygen atoms in total. The van der Waals surface area contributed by atoms with Crippen LogP contribution < -0.4 is 20.9 Å². The van der Waals surface area contributed by atoms with Gasteiger partial charge in [-0.2, -0.15) is 0 Å². The van der Waals surface area contributed by atoms with Gasteiger partial charge in [0.2, 0.25) is 0 Å². The van der Waals surface area contributed by atoms with Gasteiger partial charge in [-0.25, -0.2) is 0 Å². The van der Waals surface area contributed by atoms with E-state index in [1.54, 1.807) is 24.3 Å². The van der Waals surface area contributed by atoms with E-state index in [2.05, 4.69) is 35.5 Å². The fourth-order valence-corrected chi connectivity index (χ4v) is 5.38. The molecule has 0 saturated heterocycles. The van der Waals surface area contributed by atoms with Crippen molar-refractivity contribution in [2.75, 3.05) is 11.5 Å². The summed E-state index contributed by atoms with van der Waals surface area (Å²) in [6.07, 6.45) is 0. The summed E-state index contributed by atoms with van der Waals surface area (Å²) >= 11 is 0. The number of phenolic OH excluding ortho intramolecular Hbond substituents is 2. The van der Waals surface area contributed by atoms with Gasteiger partial charge in [0.1, 0.15) is 28.7 Å². The first kappa shape index (κ1) is 32.8. The van der Waals surface area contributed by atoms with Gasteiger partial charge in [-0.05, 0) is 78.9 Å². The van der Waals surface area contributed by atoms with Crippen LogP contribution in [0.25, 0.3) is 10.8 Å². The van der Waals surface area contributed by atoms with E-state index in [1.165, 1.54) is 12.1 Å². The van der Waals surface area contributed by atoms with Crippen molar-refractivity contribution in [2.45, 2.75) is 0 Å². The minimum Gasteiger partial charge on any atom is -0.506 e. The Bertz CT molecular complexity index is 2620. The third-order valence-electron chi connectivity index (χ3n) is 8.01. The quantitative estimate of drug-likeness (QED) is 0.0842. The second-order valence-corrected chi connectivity index (χ2v) is 11.7. The number of aromatic hydroxyl groups is 2. The molecule has 7 aromatic rings. The van der Waals surface area contributed by atoms with Gasteiger partial charge in [-0.3, -0.25) is 0 Å². The zero-order valence-electron chi connectivity index (χ0n) is 27.7. The fraction of sp³-hybridized carbons (Fsp3) is 0. The Kier molecular flexibility index (Phi) is 9.34. The Balaban J connectivity index is 1.55. The lowest BCUT2D eigenvalue weighted by molar-refractivity contribution is 0.455. The molecule has 0 unspecified atom stereocenters. The van der Waals surface area contributed by atoms with Gasteiger partial charge in [0.05, 0.1) is 28.1 Å². The van der Waals surface area contributed by atoms with Crippen LogP contribution in [-0.2, 0) is 0 Å². The number of benzene rings is 7. The first-order chi connectivity index (χ1) is 25.4. The maximum Gasteiger partial charge on any atom is 0.160 e. The van der Waals surface area contributed by atoms with Crippen molar-refractivity contribution < 1.29 is 19.7 Å². The highest BCUT2D eigenvalue weighted by molar-refractivity contribution is 5.99. The minimum absolute atomic E-state index is 0.0832. The average Bonchev–Trinajstić information content (AvgIpc) is 3.17. The molecule has 0 heterocycles. The van der Waals surface area contributed by atoms with Crippen LogP contribution in [0, 0.1) is 35.5 Å². The van der Waals surface area contributed by atoms with E-state index in [0.29, 0.717) is 45.1 Å². The summed E-state index contributed by atoms with van der Waals surface area (Å²) in [7, 11) is 0. The first-order valence-electron chi connectivity index (χ1n) is 16.3. The zero-order valence-corrected chi connectivity index (χ0v) is 27.7. The summed E-state index contributed by atoms with van der Waals surface area (Å²) in [5.74, 6) is 21.4. The van der Waals surface area contributed by atoms with E-state index in [1.807, 2.05) is 109 Å². The van der Waals surface area contributed by atoms with Crippen LogP contribution in [-0.4, -0.2) is 10.2 Å². The minimum atomic E-state index is -0.119. The Morgan fingerprint density at radius 2 is 0.808 bits per heavy atom. The molecule has 7 rings (SSSR count). The van der Waals surface area contributed by atoms with Gasteiger partial charge in [0.25, 0.3) is 0 Å². The van der Waals surface area contributed by atoms with Crippen LogP contribution in [0.15, 0.2) is 146 Å². The number of fused-ring (bicyclic) bond motifs is 1. The number of anilines is 2. The molecule has 7 aromatic carbocycles. The standard InChI is InChI=1S/C46H30N2O4/c47-42-26-20-35(29-44(42)49)51-34-19-25-38-40(24-18-33-14-8-3-9-15-33)46(52-36-21-27-43(48)45(50)30-36)39(23-17-32-12-6-2-7-13-32)37(41(38)28-34)22-16-31-10-4-1-5-11-31/h1-15,19-21,25-30,49-50H,47-48H2. The van der Waals surface area contributed by atoms with E-state index in [9.17, 15) is 10.2 Å². The SMILES string of the molecule is Nc1ccc(Oc2ccc3c(C#Cc4ccccc4)c(Oc4ccc(N)c(O)c4)c(C#Cc4ccccc4)c(C#Cc4ccccc4)c3c2)cc1O. The molecule has 6 heteroatoms. The lowest BCUT2D eigenvalue weighted by atomic mass is 9.92. The van der Waals surface area contributed by atoms with E-state index in [4.69, 9.17) is 20.9 Å². The average molecular weight is 675 g/mol. The van der Waals surface area contributed by atoms with Gasteiger partial charge >= 0.3 is 0 Å². The molecule has 0 radical (unpaired) electrons. The summed E-state index contributed by atoms with van der Waals surface area (Å²) in [6, 6.07) is 43.9. The van der Waals surface area contributed by atoms with Crippen LogP contribution in [0.4, 0.5) is 11.4 Å². The third-order valence-corrected chi connectivity index (χ3v) is 8.01. The van der Waals surface area contributed by atoms with Crippen molar-refractivity contribution in [1.29, 1.82) is 0 Å². The highest BCUT2D eigenvalue weighted by Crippen LogP contribution is 2.41. The Labute approximate surface area is 301 Å². The number of ether oxygens (including phenoxy) is 2. The Hall–Kier alpha value is -7.72. The summed E-state index contributed by atoms with van der Waals surface area (Å²) < 4.78 is 12.9. The van der Waals surface area contributed by atoms with Gasteiger partial charge in [0, 0.05) is 39.6 Å². The highest BCUT2D eigenvalue weighted by atomic mass is 16.5. The predicted octanol–water partition coefficient (Wildman–Crippen LogP) is 9.20. The number of hydrogen-bond acceptors (Lipinski definition) is 6. The van der Waals surface area contributed by atoms with Crippen molar-refractivity contribution in [3.05, 3.63) is 179 Å². The molecule has 6 N–H and O–H groups in total. The molecule has 0 atom stereocenters. The van der Waals surface area contributed by atoms with Crippen LogP contribution in [0.3, 0.4) is 0 Å². The second-order valence-electron chi connectivity index (χ2n) is 11.7. The summed E-state index contributed by atoms with van der Waals surface area (Å²) in [5, 5.41) is 22.2. The molecular weight excluding hydrogens is 645 g/mol. The smallest absolute Gasteiger partial charge is 0.160 e. The van der Waals surface area contributed by atoms with Crippen molar-refractivity contribution in [2.24, 2.45) is 0 Å². The van der Waals surface area contributed by atoms with Crippen LogP contribution in [0.2, 0.25) is 0 Å². The van der Waals surface area contributed by atoms with E-state index < -0.39 is 0 Å². The zero-order chi connectivity index (χ0) is 35.9. The third kappa shape index (κ3) is 7.46. The van der Waals surface area contributed by atoms with Gasteiger partial charge in [0.15, 0.2) is 5.75 Å². The number of rotatable bonds is 4. The van der Waals surface area contributed by atoms with Gasteiger partial charge < -0.3 is 31.2 Å². The molecule has 0 aliphatic carbocycles. The summed E-state index contributed by atoms with van der Waals surface area (Å²) in [5.41, 5.74) is 16.3.